The molecule has 9 heteroatoms. The van der Waals surface area contributed by atoms with E-state index in [4.69, 9.17) is 14.2 Å². The number of hydrogen-bond donors (Lipinski definition) is 0. The summed E-state index contributed by atoms with van der Waals surface area (Å²) in [5, 5.41) is 0. The van der Waals surface area contributed by atoms with Crippen LogP contribution in [0, 0.1) is 0 Å². The van der Waals surface area contributed by atoms with Gasteiger partial charge in [0.2, 0.25) is 0 Å². The van der Waals surface area contributed by atoms with Gasteiger partial charge in [0.15, 0.2) is 6.61 Å². The molecule has 1 rings (SSSR count). The van der Waals surface area contributed by atoms with Gasteiger partial charge in [-0.25, -0.2) is 4.79 Å². The van der Waals surface area contributed by atoms with Crippen LogP contribution >= 0.6 is 15.9 Å². The normalized spacial score (nSPS) is 12.0. The van der Waals surface area contributed by atoms with Crippen LogP contribution in [0.1, 0.15) is 26.3 Å². The highest BCUT2D eigenvalue weighted by Crippen LogP contribution is 2.27. The molecular weight excluding hydrogens is 419 g/mol. The van der Waals surface area contributed by atoms with E-state index in [-0.39, 0.29) is 25.4 Å². The van der Waals surface area contributed by atoms with Crippen LogP contribution in [-0.2, 0) is 16.0 Å². The molecule has 0 aliphatic heterocycles. The molecule has 0 heterocycles. The van der Waals surface area contributed by atoms with Crippen LogP contribution in [0.4, 0.5) is 18.0 Å². The lowest BCUT2D eigenvalue weighted by atomic mass is 10.2. The first-order valence-corrected chi connectivity index (χ1v) is 8.65. The summed E-state index contributed by atoms with van der Waals surface area (Å²) < 4.78 is 53.3. The lowest BCUT2D eigenvalue weighted by Crippen LogP contribution is -2.38. The average molecular weight is 442 g/mol. The average Bonchev–Trinajstić information content (AvgIpc) is 2.47. The minimum absolute atomic E-state index is 0.0188. The van der Waals surface area contributed by atoms with Crippen molar-refractivity contribution in [1.82, 2.24) is 4.90 Å². The van der Waals surface area contributed by atoms with Gasteiger partial charge in [0, 0.05) is 23.7 Å². The van der Waals surface area contributed by atoms with E-state index in [0.717, 1.165) is 0 Å². The first-order valence-electron chi connectivity index (χ1n) is 7.86. The SMILES string of the molecule is COCCN(Cc1cc(Br)ccc1OCC(F)(F)F)C(=O)OC(C)(C)C. The van der Waals surface area contributed by atoms with Crippen LogP contribution in [-0.4, -0.2) is 49.6 Å². The molecule has 5 nitrogen and oxygen atoms in total. The number of carbonyl (C=O) groups excluding carboxylic acids is 1. The van der Waals surface area contributed by atoms with Crippen LogP contribution in [0.25, 0.3) is 0 Å². The molecule has 1 aromatic carbocycles. The molecule has 0 bridgehead atoms. The van der Waals surface area contributed by atoms with E-state index in [1.807, 2.05) is 0 Å². The molecular formula is C17H23BrF3NO4. The second-order valence-electron chi connectivity index (χ2n) is 6.55. The van der Waals surface area contributed by atoms with Gasteiger partial charge < -0.3 is 19.1 Å². The van der Waals surface area contributed by atoms with Gasteiger partial charge in [0.05, 0.1) is 13.2 Å². The third-order valence-electron chi connectivity index (χ3n) is 2.99. The number of hydrogen-bond acceptors (Lipinski definition) is 4. The standard InChI is InChI=1S/C17H23BrF3NO4/c1-16(2,3)26-15(23)22(7-8-24-4)10-12-9-13(18)5-6-14(12)25-11-17(19,20)21/h5-6,9H,7-8,10-11H2,1-4H3. The van der Waals surface area contributed by atoms with E-state index in [1.165, 1.54) is 18.1 Å². The Morgan fingerprint density at radius 2 is 1.88 bits per heavy atom. The van der Waals surface area contributed by atoms with Crippen LogP contribution in [0.2, 0.25) is 0 Å². The molecule has 0 spiro atoms. The van der Waals surface area contributed by atoms with Crippen LogP contribution < -0.4 is 4.74 Å². The molecule has 0 saturated heterocycles. The molecule has 0 atom stereocenters. The molecule has 26 heavy (non-hydrogen) atoms. The zero-order valence-corrected chi connectivity index (χ0v) is 16.7. The predicted octanol–water partition coefficient (Wildman–Crippen LogP) is 4.77. The molecule has 0 aromatic heterocycles. The van der Waals surface area contributed by atoms with Crippen molar-refractivity contribution in [3.05, 3.63) is 28.2 Å². The predicted molar refractivity (Wildman–Crippen MR) is 94.2 cm³/mol. The van der Waals surface area contributed by atoms with Crippen molar-refractivity contribution in [3.8, 4) is 5.75 Å². The molecule has 0 aliphatic carbocycles. The number of ether oxygens (including phenoxy) is 3. The fourth-order valence-corrected chi connectivity index (χ4v) is 2.35. The van der Waals surface area contributed by atoms with Crippen LogP contribution in [0.15, 0.2) is 22.7 Å². The monoisotopic (exact) mass is 441 g/mol. The maximum atomic E-state index is 12.5. The Bertz CT molecular complexity index is 603. The number of amides is 1. The van der Waals surface area contributed by atoms with E-state index < -0.39 is 24.5 Å². The lowest BCUT2D eigenvalue weighted by Gasteiger charge is -2.28. The molecule has 0 aliphatic rings. The molecule has 148 valence electrons. The van der Waals surface area contributed by atoms with Gasteiger partial charge in [-0.1, -0.05) is 15.9 Å². The van der Waals surface area contributed by atoms with Gasteiger partial charge in [-0.05, 0) is 39.0 Å². The topological polar surface area (TPSA) is 48.0 Å². The number of benzene rings is 1. The Labute approximate surface area is 159 Å². The zero-order valence-electron chi connectivity index (χ0n) is 15.2. The van der Waals surface area contributed by atoms with Crippen molar-refractivity contribution in [1.29, 1.82) is 0 Å². The number of methoxy groups -OCH3 is 1. The highest BCUT2D eigenvalue weighted by molar-refractivity contribution is 9.10. The molecule has 0 N–H and O–H groups in total. The van der Waals surface area contributed by atoms with Gasteiger partial charge >= 0.3 is 12.3 Å². The third kappa shape index (κ3) is 8.75. The number of nitrogens with zero attached hydrogens (tertiary/aromatic N) is 1. The maximum Gasteiger partial charge on any atom is 0.422 e. The van der Waals surface area contributed by atoms with Gasteiger partial charge in [0.25, 0.3) is 0 Å². The number of alkyl halides is 3. The highest BCUT2D eigenvalue weighted by atomic mass is 79.9. The summed E-state index contributed by atoms with van der Waals surface area (Å²) in [7, 11) is 1.49. The Morgan fingerprint density at radius 1 is 1.23 bits per heavy atom. The van der Waals surface area contributed by atoms with E-state index in [0.29, 0.717) is 10.0 Å². The minimum atomic E-state index is -4.45. The fraction of sp³-hybridized carbons (Fsp3) is 0.588. The summed E-state index contributed by atoms with van der Waals surface area (Å²) in [6.45, 7) is 4.28. The summed E-state index contributed by atoms with van der Waals surface area (Å²) in [5.74, 6) is 0.0523. The third-order valence-corrected chi connectivity index (χ3v) is 3.49. The number of rotatable bonds is 7. The second-order valence-corrected chi connectivity index (χ2v) is 7.47. The first-order chi connectivity index (χ1) is 11.9. The van der Waals surface area contributed by atoms with Crippen molar-refractivity contribution >= 4 is 22.0 Å². The maximum absolute atomic E-state index is 12.5. The molecule has 1 amide bonds. The van der Waals surface area contributed by atoms with Crippen LogP contribution in [0.3, 0.4) is 0 Å². The smallest absolute Gasteiger partial charge is 0.422 e. The van der Waals surface area contributed by atoms with Crippen molar-refractivity contribution in [2.45, 2.75) is 39.1 Å². The van der Waals surface area contributed by atoms with Gasteiger partial charge in [-0.3, -0.25) is 0 Å². The minimum Gasteiger partial charge on any atom is -0.484 e. The summed E-state index contributed by atoms with van der Waals surface area (Å²) in [4.78, 5) is 13.8. The molecule has 0 fully saturated rings. The lowest BCUT2D eigenvalue weighted by molar-refractivity contribution is -0.153. The largest absolute Gasteiger partial charge is 0.484 e. The molecule has 0 unspecified atom stereocenters. The summed E-state index contributed by atoms with van der Waals surface area (Å²) in [6, 6.07) is 4.60. The fourth-order valence-electron chi connectivity index (χ4n) is 1.94. The number of carbonyl (C=O) groups is 1. The quantitative estimate of drug-likeness (QED) is 0.611. The summed E-state index contributed by atoms with van der Waals surface area (Å²) in [6.07, 6.45) is -5.04. The van der Waals surface area contributed by atoms with E-state index in [2.05, 4.69) is 15.9 Å². The Morgan fingerprint density at radius 3 is 2.42 bits per heavy atom. The molecule has 0 radical (unpaired) electrons. The van der Waals surface area contributed by atoms with Gasteiger partial charge in [-0.2, -0.15) is 13.2 Å². The Balaban J connectivity index is 3.01. The van der Waals surface area contributed by atoms with E-state index in [1.54, 1.807) is 32.9 Å². The van der Waals surface area contributed by atoms with Gasteiger partial charge in [0.1, 0.15) is 11.4 Å². The van der Waals surface area contributed by atoms with Crippen molar-refractivity contribution in [2.75, 3.05) is 26.9 Å². The first kappa shape index (κ1) is 22.6. The van der Waals surface area contributed by atoms with Crippen molar-refractivity contribution < 1.29 is 32.2 Å². The van der Waals surface area contributed by atoms with Crippen molar-refractivity contribution in [3.63, 3.8) is 0 Å². The summed E-state index contributed by atoms with van der Waals surface area (Å²) >= 11 is 3.28. The van der Waals surface area contributed by atoms with E-state index in [9.17, 15) is 18.0 Å². The summed E-state index contributed by atoms with van der Waals surface area (Å²) in [5.41, 5.74) is -0.277. The molecule has 0 saturated carbocycles. The highest BCUT2D eigenvalue weighted by Gasteiger charge is 2.29. The zero-order chi connectivity index (χ0) is 20.0. The van der Waals surface area contributed by atoms with E-state index >= 15 is 0 Å². The van der Waals surface area contributed by atoms with Crippen molar-refractivity contribution in [2.24, 2.45) is 0 Å². The van der Waals surface area contributed by atoms with Gasteiger partial charge in [-0.15, -0.1) is 0 Å². The Kier molecular flexibility index (Phi) is 8.20. The second kappa shape index (κ2) is 9.45. The number of halogens is 4. The Hall–Kier alpha value is -1.48. The molecule has 1 aromatic rings. The van der Waals surface area contributed by atoms with Crippen LogP contribution in [0.5, 0.6) is 5.75 Å².